The van der Waals surface area contributed by atoms with Gasteiger partial charge < -0.3 is 0 Å². The van der Waals surface area contributed by atoms with E-state index in [1.54, 1.807) is 0 Å². The lowest BCUT2D eigenvalue weighted by atomic mass is 10.1. The highest BCUT2D eigenvalue weighted by Gasteiger charge is 2.20. The molecule has 0 unspecified atom stereocenters. The van der Waals surface area contributed by atoms with Gasteiger partial charge in [0.15, 0.2) is 0 Å². The van der Waals surface area contributed by atoms with Crippen LogP contribution in [0.25, 0.3) is 0 Å². The van der Waals surface area contributed by atoms with Crippen molar-refractivity contribution in [2.75, 3.05) is 32.7 Å². The van der Waals surface area contributed by atoms with Crippen LogP contribution in [0.5, 0.6) is 0 Å². The van der Waals surface area contributed by atoms with Crippen molar-refractivity contribution >= 4 is 0 Å². The summed E-state index contributed by atoms with van der Waals surface area (Å²) in [4.78, 5) is 5.12. The van der Waals surface area contributed by atoms with E-state index in [-0.39, 0.29) is 0 Å². The molecule has 1 fully saturated rings. The average Bonchev–Trinajstić information content (AvgIpc) is 2.23. The van der Waals surface area contributed by atoms with Gasteiger partial charge in [0.1, 0.15) is 0 Å². The molecule has 82 valence electrons. The standard InChI is InChI=1S/C12H24N2/c1-4-7-13-8-10-14(11-9-13)12(5-2)6-3/h4,12H,1,5-11H2,2-3H3. The highest BCUT2D eigenvalue weighted by Crippen LogP contribution is 2.11. The van der Waals surface area contributed by atoms with E-state index in [2.05, 4.69) is 30.2 Å². The van der Waals surface area contributed by atoms with Gasteiger partial charge in [-0.2, -0.15) is 0 Å². The van der Waals surface area contributed by atoms with Crippen molar-refractivity contribution < 1.29 is 0 Å². The molecule has 1 aliphatic rings. The summed E-state index contributed by atoms with van der Waals surface area (Å²) in [5.41, 5.74) is 0. The fourth-order valence-electron chi connectivity index (χ4n) is 2.30. The molecular weight excluding hydrogens is 172 g/mol. The lowest BCUT2D eigenvalue weighted by Gasteiger charge is -2.38. The van der Waals surface area contributed by atoms with Crippen molar-refractivity contribution in [1.82, 2.24) is 9.80 Å². The topological polar surface area (TPSA) is 6.48 Å². The molecule has 0 atom stereocenters. The molecule has 0 aromatic rings. The van der Waals surface area contributed by atoms with Gasteiger partial charge in [0.05, 0.1) is 0 Å². The van der Waals surface area contributed by atoms with Gasteiger partial charge in [-0.1, -0.05) is 19.9 Å². The lowest BCUT2D eigenvalue weighted by Crippen LogP contribution is -2.49. The molecule has 1 heterocycles. The van der Waals surface area contributed by atoms with Gasteiger partial charge in [0.25, 0.3) is 0 Å². The maximum Gasteiger partial charge on any atom is 0.0161 e. The van der Waals surface area contributed by atoms with Crippen LogP contribution < -0.4 is 0 Å². The third kappa shape index (κ3) is 3.10. The largest absolute Gasteiger partial charge is 0.298 e. The Kier molecular flexibility index (Phi) is 5.20. The van der Waals surface area contributed by atoms with E-state index in [4.69, 9.17) is 0 Å². The Balaban J connectivity index is 2.30. The molecule has 0 radical (unpaired) electrons. The first-order valence-corrected chi connectivity index (χ1v) is 5.89. The first-order chi connectivity index (χ1) is 6.81. The molecule has 2 nitrogen and oxygen atoms in total. The van der Waals surface area contributed by atoms with Gasteiger partial charge in [-0.15, -0.1) is 6.58 Å². The summed E-state index contributed by atoms with van der Waals surface area (Å²) < 4.78 is 0. The van der Waals surface area contributed by atoms with Crippen molar-refractivity contribution in [3.63, 3.8) is 0 Å². The number of hydrogen-bond acceptors (Lipinski definition) is 2. The summed E-state index contributed by atoms with van der Waals surface area (Å²) in [5, 5.41) is 0. The van der Waals surface area contributed by atoms with E-state index in [1.165, 1.54) is 39.0 Å². The van der Waals surface area contributed by atoms with Crippen molar-refractivity contribution in [3.05, 3.63) is 12.7 Å². The number of piperazine rings is 1. The average molecular weight is 196 g/mol. The molecule has 0 aromatic carbocycles. The Morgan fingerprint density at radius 2 is 1.71 bits per heavy atom. The second-order valence-corrected chi connectivity index (χ2v) is 4.10. The summed E-state index contributed by atoms with van der Waals surface area (Å²) >= 11 is 0. The number of nitrogens with zero attached hydrogens (tertiary/aromatic N) is 2. The lowest BCUT2D eigenvalue weighted by molar-refractivity contribution is 0.0989. The normalized spacial score (nSPS) is 20.2. The predicted octanol–water partition coefficient (Wildman–Crippen LogP) is 1.98. The van der Waals surface area contributed by atoms with Gasteiger partial charge in [-0.05, 0) is 12.8 Å². The summed E-state index contributed by atoms with van der Waals surface area (Å²) in [6.07, 6.45) is 4.59. The quantitative estimate of drug-likeness (QED) is 0.620. The second-order valence-electron chi connectivity index (χ2n) is 4.10. The first-order valence-electron chi connectivity index (χ1n) is 5.89. The monoisotopic (exact) mass is 196 g/mol. The van der Waals surface area contributed by atoms with Gasteiger partial charge >= 0.3 is 0 Å². The first kappa shape index (κ1) is 11.7. The summed E-state index contributed by atoms with van der Waals surface area (Å²) in [7, 11) is 0. The maximum atomic E-state index is 3.79. The number of rotatable bonds is 5. The molecule has 1 aliphatic heterocycles. The summed E-state index contributed by atoms with van der Waals surface area (Å²) in [5.74, 6) is 0. The Morgan fingerprint density at radius 1 is 1.14 bits per heavy atom. The zero-order valence-corrected chi connectivity index (χ0v) is 9.71. The molecule has 2 heteroatoms. The minimum Gasteiger partial charge on any atom is -0.298 e. The molecule has 0 aliphatic carbocycles. The molecule has 0 aromatic heterocycles. The third-order valence-electron chi connectivity index (χ3n) is 3.25. The van der Waals surface area contributed by atoms with E-state index >= 15 is 0 Å². The minimum atomic E-state index is 0.806. The zero-order valence-electron chi connectivity index (χ0n) is 9.71. The summed E-state index contributed by atoms with van der Waals surface area (Å²) in [6, 6.07) is 0.806. The van der Waals surface area contributed by atoms with Gasteiger partial charge in [0, 0.05) is 38.8 Å². The van der Waals surface area contributed by atoms with Crippen LogP contribution in [0.15, 0.2) is 12.7 Å². The number of hydrogen-bond donors (Lipinski definition) is 0. The van der Waals surface area contributed by atoms with Crippen LogP contribution in [-0.4, -0.2) is 48.6 Å². The Morgan fingerprint density at radius 3 is 2.14 bits per heavy atom. The molecule has 1 rings (SSSR count). The molecule has 14 heavy (non-hydrogen) atoms. The highest BCUT2D eigenvalue weighted by molar-refractivity contribution is 4.81. The molecule has 0 spiro atoms. The van der Waals surface area contributed by atoms with Crippen molar-refractivity contribution in [1.29, 1.82) is 0 Å². The van der Waals surface area contributed by atoms with Crippen LogP contribution in [0.1, 0.15) is 26.7 Å². The van der Waals surface area contributed by atoms with Gasteiger partial charge in [-0.3, -0.25) is 9.80 Å². The second kappa shape index (κ2) is 6.20. The van der Waals surface area contributed by atoms with Crippen LogP contribution >= 0.6 is 0 Å². The molecule has 0 saturated carbocycles. The van der Waals surface area contributed by atoms with Gasteiger partial charge in [-0.25, -0.2) is 0 Å². The maximum absolute atomic E-state index is 3.79. The van der Waals surface area contributed by atoms with Crippen LogP contribution in [0.4, 0.5) is 0 Å². The zero-order chi connectivity index (χ0) is 10.4. The molecule has 0 amide bonds. The molecular formula is C12H24N2. The molecule has 0 N–H and O–H groups in total. The van der Waals surface area contributed by atoms with Crippen LogP contribution in [0, 0.1) is 0 Å². The van der Waals surface area contributed by atoms with Crippen molar-refractivity contribution in [2.45, 2.75) is 32.7 Å². The van der Waals surface area contributed by atoms with E-state index in [1.807, 2.05) is 6.08 Å². The fourth-order valence-corrected chi connectivity index (χ4v) is 2.30. The molecule has 1 saturated heterocycles. The van der Waals surface area contributed by atoms with E-state index < -0.39 is 0 Å². The third-order valence-corrected chi connectivity index (χ3v) is 3.25. The predicted molar refractivity (Wildman–Crippen MR) is 62.6 cm³/mol. The van der Waals surface area contributed by atoms with Crippen LogP contribution in [-0.2, 0) is 0 Å². The highest BCUT2D eigenvalue weighted by atomic mass is 15.3. The van der Waals surface area contributed by atoms with E-state index in [9.17, 15) is 0 Å². The molecule has 0 bridgehead atoms. The van der Waals surface area contributed by atoms with Crippen LogP contribution in [0.2, 0.25) is 0 Å². The SMILES string of the molecule is C=CCN1CCN(C(CC)CC)CC1. The minimum absolute atomic E-state index is 0.806. The summed E-state index contributed by atoms with van der Waals surface area (Å²) in [6.45, 7) is 14.3. The van der Waals surface area contributed by atoms with E-state index in [0.717, 1.165) is 12.6 Å². The van der Waals surface area contributed by atoms with Gasteiger partial charge in [0.2, 0.25) is 0 Å². The fraction of sp³-hybridized carbons (Fsp3) is 0.833. The van der Waals surface area contributed by atoms with E-state index in [0.29, 0.717) is 0 Å². The smallest absolute Gasteiger partial charge is 0.0161 e. The van der Waals surface area contributed by atoms with Crippen molar-refractivity contribution in [3.8, 4) is 0 Å². The Bertz CT molecular complexity index is 156. The van der Waals surface area contributed by atoms with Crippen molar-refractivity contribution in [2.24, 2.45) is 0 Å². The van der Waals surface area contributed by atoms with Crippen LogP contribution in [0.3, 0.4) is 0 Å². The Labute approximate surface area is 88.6 Å². The Hall–Kier alpha value is -0.340.